The molecular weight excluding hydrogens is 1130 g/mol. The van der Waals surface area contributed by atoms with Gasteiger partial charge in [0.2, 0.25) is 5.95 Å². The topological polar surface area (TPSA) is 72.6 Å². The van der Waals surface area contributed by atoms with Gasteiger partial charge >= 0.3 is 0 Å². The molecule has 0 saturated heterocycles. The molecule has 7 heteroatoms. The summed E-state index contributed by atoms with van der Waals surface area (Å²) in [5.74, 6) is 1.86. The Balaban J connectivity index is 0.000000143. The van der Waals surface area contributed by atoms with Crippen molar-refractivity contribution < 1.29 is 0 Å². The fourth-order valence-corrected chi connectivity index (χ4v) is 14.1. The van der Waals surface area contributed by atoms with Crippen LogP contribution in [-0.2, 0) is 5.41 Å². The minimum absolute atomic E-state index is 0.0807. The molecule has 0 amide bonds. The molecule has 17 aromatic rings. The largest absolute Gasteiger partial charge is 0.356 e. The van der Waals surface area contributed by atoms with Gasteiger partial charge in [0, 0.05) is 71.9 Å². The number of aromatic nitrogens is 5. The van der Waals surface area contributed by atoms with Crippen LogP contribution in [0.1, 0.15) is 25.0 Å². The van der Waals surface area contributed by atoms with Gasteiger partial charge in [-0.05, 0) is 140 Å². The standard InChI is InChI=1S/C47H34N2.C39H27N5/c1-47(2)42-19-11-10-16-37(42)38-26-25-34(29-43(38)47)49-44-27-24-33(48-32-22-20-31(21-23-32)30-12-4-3-5-13-30)28-41(44)45-39-17-8-6-14-35(39)36-15-7-9-18-40(36)46(45)49;1-4-12-27(13-5-1)28-20-22-31(23-21-28)40-32-24-25-36-34(26-32)33-18-10-11-19-35(33)44(36)39-42-37(29-14-6-2-7-15-29)41-38(43-39)30-16-8-3-9-17-30/h3-29,48H,1-2H3;1-26,40H. The van der Waals surface area contributed by atoms with Crippen molar-refractivity contribution in [2.45, 2.75) is 19.3 Å². The minimum Gasteiger partial charge on any atom is -0.356 e. The summed E-state index contributed by atoms with van der Waals surface area (Å²) in [6.45, 7) is 4.72. The Bertz CT molecular complexity index is 5620. The summed E-state index contributed by atoms with van der Waals surface area (Å²) in [5.41, 5.74) is 22.0. The summed E-state index contributed by atoms with van der Waals surface area (Å²) in [5, 5.41) is 17.2. The molecule has 0 radical (unpaired) electrons. The van der Waals surface area contributed by atoms with Crippen molar-refractivity contribution >= 4 is 87.9 Å². The third kappa shape index (κ3) is 9.73. The number of fused-ring (bicyclic) bond motifs is 14. The zero-order chi connectivity index (χ0) is 62.0. The molecule has 3 heterocycles. The summed E-state index contributed by atoms with van der Waals surface area (Å²) in [6, 6.07) is 114. The average molecular weight is 1190 g/mol. The van der Waals surface area contributed by atoms with Crippen molar-refractivity contribution in [3.8, 4) is 67.8 Å². The molecule has 0 aliphatic heterocycles. The second-order valence-electron chi connectivity index (χ2n) is 24.5. The van der Waals surface area contributed by atoms with E-state index < -0.39 is 0 Å². The van der Waals surface area contributed by atoms with Gasteiger partial charge in [0.1, 0.15) is 0 Å². The van der Waals surface area contributed by atoms with Crippen LogP contribution in [0.2, 0.25) is 0 Å². The smallest absolute Gasteiger partial charge is 0.238 e. The van der Waals surface area contributed by atoms with E-state index in [1.807, 2.05) is 66.7 Å². The number of anilines is 4. The average Bonchev–Trinajstić information content (AvgIpc) is 1.59. The van der Waals surface area contributed by atoms with Crippen LogP contribution in [-0.4, -0.2) is 24.1 Å². The first-order chi connectivity index (χ1) is 45.9. The predicted molar refractivity (Wildman–Crippen MR) is 389 cm³/mol. The highest BCUT2D eigenvalue weighted by molar-refractivity contribution is 6.32. The molecular formula is C86H61N7. The summed E-state index contributed by atoms with van der Waals surface area (Å²) in [7, 11) is 0. The molecule has 0 bridgehead atoms. The molecule has 0 fully saturated rings. The van der Waals surface area contributed by atoms with Crippen LogP contribution in [0.3, 0.4) is 0 Å². The van der Waals surface area contributed by atoms with E-state index in [0.29, 0.717) is 17.6 Å². The van der Waals surface area contributed by atoms with Gasteiger partial charge < -0.3 is 15.2 Å². The number of para-hydroxylation sites is 1. The van der Waals surface area contributed by atoms with E-state index in [1.54, 1.807) is 0 Å². The van der Waals surface area contributed by atoms with E-state index in [9.17, 15) is 0 Å². The van der Waals surface area contributed by atoms with E-state index >= 15 is 0 Å². The third-order valence-electron chi connectivity index (χ3n) is 18.6. The lowest BCUT2D eigenvalue weighted by Crippen LogP contribution is -2.15. The second-order valence-corrected chi connectivity index (χ2v) is 24.5. The zero-order valence-electron chi connectivity index (χ0n) is 51.3. The fraction of sp³-hybridized carbons (Fsp3) is 0.0349. The highest BCUT2D eigenvalue weighted by atomic mass is 15.2. The van der Waals surface area contributed by atoms with Crippen molar-refractivity contribution in [3.05, 3.63) is 333 Å². The van der Waals surface area contributed by atoms with Crippen LogP contribution in [0.5, 0.6) is 0 Å². The molecule has 0 unspecified atom stereocenters. The molecule has 14 aromatic carbocycles. The van der Waals surface area contributed by atoms with Crippen LogP contribution < -0.4 is 10.6 Å². The van der Waals surface area contributed by atoms with Crippen molar-refractivity contribution in [2.75, 3.05) is 10.6 Å². The molecule has 2 N–H and O–H groups in total. The summed E-state index contributed by atoms with van der Waals surface area (Å²) < 4.78 is 4.65. The van der Waals surface area contributed by atoms with Gasteiger partial charge in [-0.1, -0.05) is 257 Å². The number of hydrogen-bond acceptors (Lipinski definition) is 5. The van der Waals surface area contributed by atoms with Crippen LogP contribution >= 0.6 is 0 Å². The molecule has 93 heavy (non-hydrogen) atoms. The number of nitrogens with zero attached hydrogens (tertiary/aromatic N) is 5. The Morgan fingerprint density at radius 2 is 0.699 bits per heavy atom. The second kappa shape index (κ2) is 22.7. The van der Waals surface area contributed by atoms with Gasteiger partial charge in [-0.3, -0.25) is 4.57 Å². The first-order valence-electron chi connectivity index (χ1n) is 31.7. The van der Waals surface area contributed by atoms with Gasteiger partial charge in [0.15, 0.2) is 11.6 Å². The highest BCUT2D eigenvalue weighted by Gasteiger charge is 2.36. The van der Waals surface area contributed by atoms with E-state index in [4.69, 9.17) is 15.0 Å². The van der Waals surface area contributed by atoms with Gasteiger partial charge in [-0.25, -0.2) is 4.98 Å². The van der Waals surface area contributed by atoms with Gasteiger partial charge in [-0.15, -0.1) is 0 Å². The lowest BCUT2D eigenvalue weighted by Gasteiger charge is -2.22. The number of benzene rings is 14. The van der Waals surface area contributed by atoms with Crippen molar-refractivity contribution in [2.24, 2.45) is 0 Å². The monoisotopic (exact) mass is 1190 g/mol. The SMILES string of the molecule is CC1(C)c2ccccc2-c2ccc(-n3c4ccc(Nc5ccc(-c6ccccc6)cc5)cc4c4c5ccccc5c5ccccc5c43)cc21.c1ccc(-c2ccc(Nc3ccc4c(c3)c3ccccc3n4-c3nc(-c4ccccc4)nc(-c4ccccc4)n3)cc2)cc1. The molecule has 1 aliphatic carbocycles. The van der Waals surface area contributed by atoms with E-state index in [1.165, 1.54) is 93.5 Å². The van der Waals surface area contributed by atoms with Crippen molar-refractivity contribution in [1.29, 1.82) is 0 Å². The van der Waals surface area contributed by atoms with Crippen LogP contribution in [0.4, 0.5) is 22.7 Å². The van der Waals surface area contributed by atoms with Gasteiger partial charge in [0.05, 0.1) is 22.1 Å². The maximum atomic E-state index is 5.02. The molecule has 7 nitrogen and oxygen atoms in total. The first-order valence-corrected chi connectivity index (χ1v) is 31.7. The van der Waals surface area contributed by atoms with Crippen LogP contribution in [0.15, 0.2) is 322 Å². The molecule has 0 saturated carbocycles. The molecule has 18 rings (SSSR count). The fourth-order valence-electron chi connectivity index (χ4n) is 14.1. The number of nitrogens with one attached hydrogen (secondary N) is 2. The van der Waals surface area contributed by atoms with Gasteiger partial charge in [-0.2, -0.15) is 9.97 Å². The Morgan fingerprint density at radius 3 is 1.28 bits per heavy atom. The first kappa shape index (κ1) is 54.9. The van der Waals surface area contributed by atoms with Crippen molar-refractivity contribution in [1.82, 2.24) is 24.1 Å². The Hall–Kier alpha value is -12.2. The normalized spacial score (nSPS) is 12.3. The summed E-state index contributed by atoms with van der Waals surface area (Å²) >= 11 is 0. The minimum atomic E-state index is -0.0807. The molecule has 440 valence electrons. The highest BCUT2D eigenvalue weighted by Crippen LogP contribution is 2.51. The maximum absolute atomic E-state index is 5.02. The third-order valence-corrected chi connectivity index (χ3v) is 18.6. The maximum Gasteiger partial charge on any atom is 0.238 e. The summed E-state index contributed by atoms with van der Waals surface area (Å²) in [6.07, 6.45) is 0. The molecule has 0 spiro atoms. The lowest BCUT2D eigenvalue weighted by molar-refractivity contribution is 0.660. The van der Waals surface area contributed by atoms with E-state index in [0.717, 1.165) is 55.7 Å². The van der Waals surface area contributed by atoms with E-state index in [2.05, 4.69) is 288 Å². The number of hydrogen-bond donors (Lipinski definition) is 2. The van der Waals surface area contributed by atoms with E-state index in [-0.39, 0.29) is 5.41 Å². The lowest BCUT2D eigenvalue weighted by atomic mass is 9.82. The molecule has 0 atom stereocenters. The molecule has 3 aromatic heterocycles. The Kier molecular flexibility index (Phi) is 13.4. The van der Waals surface area contributed by atoms with Gasteiger partial charge in [0.25, 0.3) is 0 Å². The zero-order valence-corrected chi connectivity index (χ0v) is 51.3. The van der Waals surface area contributed by atoms with Crippen LogP contribution in [0, 0.1) is 0 Å². The predicted octanol–water partition coefficient (Wildman–Crippen LogP) is 22.5. The quantitative estimate of drug-likeness (QED) is 0.134. The number of rotatable bonds is 10. The summed E-state index contributed by atoms with van der Waals surface area (Å²) in [4.78, 5) is 14.9. The molecule has 1 aliphatic rings. The van der Waals surface area contributed by atoms with Crippen molar-refractivity contribution in [3.63, 3.8) is 0 Å². The Labute approximate surface area is 539 Å². The van der Waals surface area contributed by atoms with Crippen LogP contribution in [0.25, 0.3) is 133 Å². The Morgan fingerprint density at radius 1 is 0.280 bits per heavy atom.